The Morgan fingerprint density at radius 2 is 2.00 bits per heavy atom. The van der Waals surface area contributed by atoms with Crippen LogP contribution in [0.5, 0.6) is 0 Å². The van der Waals surface area contributed by atoms with Crippen molar-refractivity contribution in [2.45, 2.75) is 11.8 Å². The Morgan fingerprint density at radius 1 is 1.36 bits per heavy atom. The lowest BCUT2D eigenvalue weighted by molar-refractivity contribution is 0.425. The first-order chi connectivity index (χ1) is 5.11. The summed E-state index contributed by atoms with van der Waals surface area (Å²) in [5.41, 5.74) is 1.37. The molecule has 0 fully saturated rings. The number of aryl methyl sites for hydroxylation is 1. The fourth-order valence-corrected chi connectivity index (χ4v) is 1.22. The molecule has 0 aliphatic heterocycles. The molecule has 2 N–H and O–H groups in total. The normalized spacial score (nSPS) is 9.82. The molecule has 0 aliphatic carbocycles. The van der Waals surface area contributed by atoms with Crippen LogP contribution in [0.1, 0.15) is 5.56 Å². The van der Waals surface area contributed by atoms with Gasteiger partial charge >= 0.3 is 7.12 Å². The summed E-state index contributed by atoms with van der Waals surface area (Å²) in [5.74, 6) is 0. The molecular formula is C7H9BO2S. The second kappa shape index (κ2) is 3.30. The van der Waals surface area contributed by atoms with Gasteiger partial charge in [0.1, 0.15) is 0 Å². The van der Waals surface area contributed by atoms with E-state index in [1.165, 1.54) is 0 Å². The zero-order valence-corrected chi connectivity index (χ0v) is 7.05. The zero-order chi connectivity index (χ0) is 8.43. The highest BCUT2D eigenvalue weighted by Gasteiger charge is 2.12. The molecule has 2 nitrogen and oxygen atoms in total. The molecule has 0 bridgehead atoms. The monoisotopic (exact) mass is 168 g/mol. The minimum atomic E-state index is -1.39. The Bertz CT molecular complexity index is 263. The van der Waals surface area contributed by atoms with E-state index in [0.717, 1.165) is 10.5 Å². The van der Waals surface area contributed by atoms with Crippen molar-refractivity contribution in [3.63, 3.8) is 0 Å². The van der Waals surface area contributed by atoms with E-state index >= 15 is 0 Å². The molecular weight excluding hydrogens is 159 g/mol. The van der Waals surface area contributed by atoms with Crippen LogP contribution in [-0.2, 0) is 0 Å². The number of hydrogen-bond acceptors (Lipinski definition) is 3. The van der Waals surface area contributed by atoms with E-state index in [2.05, 4.69) is 12.6 Å². The minimum absolute atomic E-state index is 0.530. The summed E-state index contributed by atoms with van der Waals surface area (Å²) in [7, 11) is -1.39. The van der Waals surface area contributed by atoms with Crippen LogP contribution in [0.25, 0.3) is 0 Å². The maximum absolute atomic E-state index is 8.83. The van der Waals surface area contributed by atoms with E-state index in [4.69, 9.17) is 10.0 Å². The Morgan fingerprint density at radius 3 is 2.45 bits per heavy atom. The standard InChI is InChI=1S/C7H9BO2S/c1-5-4-6(11)2-3-7(5)8(9)10/h2-4,9-11H,1H3. The molecule has 0 amide bonds. The van der Waals surface area contributed by atoms with Crippen molar-refractivity contribution >= 4 is 25.2 Å². The van der Waals surface area contributed by atoms with Gasteiger partial charge < -0.3 is 10.0 Å². The summed E-state index contributed by atoms with van der Waals surface area (Å²) in [6, 6.07) is 5.17. The quantitative estimate of drug-likeness (QED) is 0.407. The Hall–Kier alpha value is -0.445. The topological polar surface area (TPSA) is 40.5 Å². The molecule has 0 atom stereocenters. The Kier molecular flexibility index (Phi) is 2.60. The van der Waals surface area contributed by atoms with E-state index in [9.17, 15) is 0 Å². The Labute approximate surface area is 71.4 Å². The molecule has 0 aliphatic rings. The number of thiol groups is 1. The molecule has 0 saturated heterocycles. The van der Waals surface area contributed by atoms with Gasteiger partial charge in [-0.3, -0.25) is 0 Å². The van der Waals surface area contributed by atoms with Crippen molar-refractivity contribution in [2.24, 2.45) is 0 Å². The van der Waals surface area contributed by atoms with Crippen molar-refractivity contribution < 1.29 is 10.0 Å². The van der Waals surface area contributed by atoms with E-state index in [0.29, 0.717) is 5.46 Å². The van der Waals surface area contributed by atoms with E-state index in [1.807, 2.05) is 6.92 Å². The van der Waals surface area contributed by atoms with Crippen LogP contribution in [0.15, 0.2) is 23.1 Å². The van der Waals surface area contributed by atoms with E-state index in [1.54, 1.807) is 18.2 Å². The molecule has 0 radical (unpaired) electrons. The number of hydrogen-bond donors (Lipinski definition) is 3. The van der Waals surface area contributed by atoms with Gasteiger partial charge in [0.05, 0.1) is 0 Å². The third-order valence-electron chi connectivity index (χ3n) is 1.53. The Balaban J connectivity index is 3.09. The molecule has 58 valence electrons. The minimum Gasteiger partial charge on any atom is -0.423 e. The van der Waals surface area contributed by atoms with E-state index in [-0.39, 0.29) is 0 Å². The number of benzene rings is 1. The van der Waals surface area contributed by atoms with Crippen molar-refractivity contribution in [1.82, 2.24) is 0 Å². The molecule has 0 heterocycles. The summed E-state index contributed by atoms with van der Waals surface area (Å²) in [5, 5.41) is 17.7. The van der Waals surface area contributed by atoms with E-state index < -0.39 is 7.12 Å². The summed E-state index contributed by atoms with van der Waals surface area (Å²) in [6.07, 6.45) is 0. The van der Waals surface area contributed by atoms with Gasteiger partial charge in [-0.2, -0.15) is 0 Å². The summed E-state index contributed by atoms with van der Waals surface area (Å²) < 4.78 is 0. The lowest BCUT2D eigenvalue weighted by Gasteiger charge is -2.03. The van der Waals surface area contributed by atoms with Gasteiger partial charge in [-0.25, -0.2) is 0 Å². The van der Waals surface area contributed by atoms with Crippen molar-refractivity contribution in [3.8, 4) is 0 Å². The SMILES string of the molecule is Cc1cc(S)ccc1B(O)O. The molecule has 1 aromatic rings. The fourth-order valence-electron chi connectivity index (χ4n) is 0.950. The van der Waals surface area contributed by atoms with Gasteiger partial charge in [0, 0.05) is 4.90 Å². The molecule has 0 unspecified atom stereocenters. The zero-order valence-electron chi connectivity index (χ0n) is 6.15. The number of rotatable bonds is 1. The van der Waals surface area contributed by atoms with Crippen molar-refractivity contribution in [3.05, 3.63) is 23.8 Å². The van der Waals surface area contributed by atoms with Gasteiger partial charge in [0.2, 0.25) is 0 Å². The van der Waals surface area contributed by atoms with Gasteiger partial charge in [-0.05, 0) is 24.5 Å². The first-order valence-corrected chi connectivity index (χ1v) is 3.71. The third kappa shape index (κ3) is 1.99. The van der Waals surface area contributed by atoms with Crippen LogP contribution >= 0.6 is 12.6 Å². The van der Waals surface area contributed by atoms with Crippen LogP contribution in [0.2, 0.25) is 0 Å². The molecule has 0 aromatic heterocycles. The average molecular weight is 168 g/mol. The van der Waals surface area contributed by atoms with Crippen LogP contribution in [0, 0.1) is 6.92 Å². The second-order valence-electron chi connectivity index (χ2n) is 2.41. The summed E-state index contributed by atoms with van der Waals surface area (Å²) in [4.78, 5) is 0.826. The lowest BCUT2D eigenvalue weighted by atomic mass is 9.77. The smallest absolute Gasteiger partial charge is 0.423 e. The van der Waals surface area contributed by atoms with Gasteiger partial charge in [-0.15, -0.1) is 12.6 Å². The average Bonchev–Trinajstić information content (AvgIpc) is 1.85. The van der Waals surface area contributed by atoms with Gasteiger partial charge in [-0.1, -0.05) is 11.6 Å². The van der Waals surface area contributed by atoms with Crippen LogP contribution in [0.3, 0.4) is 0 Å². The molecule has 0 spiro atoms. The maximum atomic E-state index is 8.83. The van der Waals surface area contributed by atoms with Crippen molar-refractivity contribution in [1.29, 1.82) is 0 Å². The summed E-state index contributed by atoms with van der Waals surface area (Å²) >= 11 is 4.11. The molecule has 4 heteroatoms. The highest BCUT2D eigenvalue weighted by atomic mass is 32.1. The van der Waals surface area contributed by atoms with Crippen LogP contribution in [-0.4, -0.2) is 17.2 Å². The molecule has 1 aromatic carbocycles. The second-order valence-corrected chi connectivity index (χ2v) is 2.93. The van der Waals surface area contributed by atoms with Crippen LogP contribution < -0.4 is 5.46 Å². The largest absolute Gasteiger partial charge is 0.488 e. The predicted molar refractivity (Wildman–Crippen MR) is 48.3 cm³/mol. The maximum Gasteiger partial charge on any atom is 0.488 e. The first kappa shape index (κ1) is 8.65. The highest BCUT2D eigenvalue weighted by molar-refractivity contribution is 7.80. The molecule has 11 heavy (non-hydrogen) atoms. The highest BCUT2D eigenvalue weighted by Crippen LogP contribution is 2.05. The fraction of sp³-hybridized carbons (Fsp3) is 0.143. The lowest BCUT2D eigenvalue weighted by Crippen LogP contribution is -2.31. The third-order valence-corrected chi connectivity index (χ3v) is 1.81. The molecule has 1 rings (SSSR count). The molecule has 0 saturated carbocycles. The van der Waals surface area contributed by atoms with Gasteiger partial charge in [0.25, 0.3) is 0 Å². The summed E-state index contributed by atoms with van der Waals surface area (Å²) in [6.45, 7) is 1.81. The van der Waals surface area contributed by atoms with Crippen LogP contribution in [0.4, 0.5) is 0 Å². The predicted octanol–water partition coefficient (Wildman–Crippen LogP) is -0.0365. The first-order valence-electron chi connectivity index (χ1n) is 3.27. The van der Waals surface area contributed by atoms with Crippen molar-refractivity contribution in [2.75, 3.05) is 0 Å². The van der Waals surface area contributed by atoms with Gasteiger partial charge in [0.15, 0.2) is 0 Å².